The normalized spacial score (nSPS) is 14.0. The Bertz CT molecular complexity index is 1030. The van der Waals surface area contributed by atoms with Gasteiger partial charge in [0.05, 0.1) is 18.2 Å². The average Bonchev–Trinajstić information content (AvgIpc) is 2.74. The molecule has 4 heteroatoms. The minimum absolute atomic E-state index is 0.208. The number of pyridine rings is 1. The molecule has 0 radical (unpaired) electrons. The van der Waals surface area contributed by atoms with Crippen LogP contribution in [0.5, 0.6) is 0 Å². The minimum Gasteiger partial charge on any atom is -0.346 e. The summed E-state index contributed by atoms with van der Waals surface area (Å²) in [5.74, 6) is -0.505. The lowest BCUT2D eigenvalue weighted by molar-refractivity contribution is 0.598. The lowest BCUT2D eigenvalue weighted by Gasteiger charge is -2.26. The maximum atomic E-state index is 13.2. The second-order valence-corrected chi connectivity index (χ2v) is 8.33. The third-order valence-corrected chi connectivity index (χ3v) is 5.53. The van der Waals surface area contributed by atoms with Gasteiger partial charge >= 0.3 is 0 Å². The lowest BCUT2D eigenvalue weighted by atomic mass is 9.80. The number of hydrogen-bond donors (Lipinski definition) is 1. The highest BCUT2D eigenvalue weighted by molar-refractivity contribution is 5.75. The molecule has 1 aromatic heterocycles. The van der Waals surface area contributed by atoms with Crippen LogP contribution >= 0.6 is 0 Å². The molecule has 1 heterocycles. The maximum Gasteiger partial charge on any atom is 0.140 e. The Balaban J connectivity index is 3.37. The molecular formula is C28H36FN3. The van der Waals surface area contributed by atoms with E-state index in [1.54, 1.807) is 0 Å². The van der Waals surface area contributed by atoms with E-state index in [9.17, 15) is 4.39 Å². The van der Waals surface area contributed by atoms with Gasteiger partial charge in [-0.2, -0.15) is 0 Å². The number of aromatic nitrogens is 1. The number of allylic oxidation sites excluding steroid dienone is 9. The van der Waals surface area contributed by atoms with Crippen LogP contribution in [0.4, 0.5) is 4.39 Å². The van der Waals surface area contributed by atoms with E-state index >= 15 is 0 Å². The Morgan fingerprint density at radius 2 is 1.88 bits per heavy atom. The minimum atomic E-state index is -0.505. The zero-order valence-corrected chi connectivity index (χ0v) is 20.5. The molecule has 0 fully saturated rings. The molecule has 0 saturated heterocycles. The molecule has 0 aliphatic carbocycles. The smallest absolute Gasteiger partial charge is 0.140 e. The van der Waals surface area contributed by atoms with Gasteiger partial charge in [-0.25, -0.2) is 9.38 Å². The molecule has 0 aromatic carbocycles. The van der Waals surface area contributed by atoms with Gasteiger partial charge in [0.2, 0.25) is 0 Å². The Morgan fingerprint density at radius 3 is 2.41 bits per heavy atom. The fourth-order valence-corrected chi connectivity index (χ4v) is 2.98. The maximum absolute atomic E-state index is 13.2. The fourth-order valence-electron chi connectivity index (χ4n) is 2.98. The highest BCUT2D eigenvalue weighted by Crippen LogP contribution is 2.32. The molecule has 0 saturated carbocycles. The van der Waals surface area contributed by atoms with Crippen molar-refractivity contribution in [1.82, 2.24) is 10.3 Å². The summed E-state index contributed by atoms with van der Waals surface area (Å²) < 4.78 is 13.2. The van der Waals surface area contributed by atoms with Crippen LogP contribution in [-0.2, 0) is 5.41 Å². The molecule has 1 rings (SSSR count). The fraction of sp³-hybridized carbons (Fsp3) is 0.286. The quantitative estimate of drug-likeness (QED) is 0.178. The number of aliphatic imine (C=N–C) groups is 1. The van der Waals surface area contributed by atoms with E-state index in [1.165, 1.54) is 6.34 Å². The van der Waals surface area contributed by atoms with Crippen LogP contribution in [0, 0.1) is 6.92 Å². The first-order valence-electron chi connectivity index (χ1n) is 10.6. The van der Waals surface area contributed by atoms with Gasteiger partial charge in [-0.1, -0.05) is 51.3 Å². The molecular weight excluding hydrogens is 397 g/mol. The van der Waals surface area contributed by atoms with Gasteiger partial charge in [0.15, 0.2) is 0 Å². The number of rotatable bonds is 10. The van der Waals surface area contributed by atoms with Crippen LogP contribution in [0.15, 0.2) is 95.7 Å². The highest BCUT2D eigenvalue weighted by Gasteiger charge is 2.25. The van der Waals surface area contributed by atoms with Gasteiger partial charge in [-0.15, -0.1) is 0 Å². The zero-order chi connectivity index (χ0) is 24.5. The lowest BCUT2D eigenvalue weighted by Crippen LogP contribution is -2.21. The van der Waals surface area contributed by atoms with Gasteiger partial charge in [-0.3, -0.25) is 4.98 Å². The molecule has 0 spiro atoms. The molecule has 32 heavy (non-hydrogen) atoms. The predicted octanol–water partition coefficient (Wildman–Crippen LogP) is 7.67. The summed E-state index contributed by atoms with van der Waals surface area (Å²) in [5.41, 5.74) is 7.60. The first-order chi connectivity index (χ1) is 14.9. The number of hydrogen-bond acceptors (Lipinski definition) is 2. The number of nitrogens with one attached hydrogen (secondary N) is 1. The van der Waals surface area contributed by atoms with Crippen molar-refractivity contribution >= 4 is 11.9 Å². The molecule has 0 amide bonds. The molecule has 170 valence electrons. The Hall–Kier alpha value is -3.27. The van der Waals surface area contributed by atoms with E-state index < -0.39 is 5.83 Å². The second kappa shape index (κ2) is 11.9. The van der Waals surface area contributed by atoms with E-state index in [-0.39, 0.29) is 5.41 Å². The van der Waals surface area contributed by atoms with Gasteiger partial charge in [-0.05, 0) is 80.7 Å². The standard InChI is InChI=1S/C28H36FN3/c1-11-13-20(5)23(8)26(32-18-30-17-25(29)12-2)15-21(6)24-14-22(7)27(31-16-24)28(9,10)19(3)4/h11-18H,2-3,6H2,1,4-5,7-10H3,(H,30,32)/b13-11-,23-20+,25-17-,26-15+. The van der Waals surface area contributed by atoms with Crippen molar-refractivity contribution in [1.29, 1.82) is 0 Å². The van der Waals surface area contributed by atoms with Crippen molar-refractivity contribution in [2.45, 2.75) is 53.9 Å². The van der Waals surface area contributed by atoms with Crippen molar-refractivity contribution in [3.8, 4) is 0 Å². The van der Waals surface area contributed by atoms with Gasteiger partial charge in [0.1, 0.15) is 5.83 Å². The predicted molar refractivity (Wildman–Crippen MR) is 138 cm³/mol. The van der Waals surface area contributed by atoms with Crippen molar-refractivity contribution < 1.29 is 4.39 Å². The van der Waals surface area contributed by atoms with Gasteiger partial charge in [0, 0.05) is 17.3 Å². The molecule has 0 aliphatic rings. The summed E-state index contributed by atoms with van der Waals surface area (Å²) in [6, 6.07) is 2.09. The third kappa shape index (κ3) is 7.16. The first kappa shape index (κ1) is 26.8. The van der Waals surface area contributed by atoms with Crippen LogP contribution in [0.1, 0.15) is 58.4 Å². The Labute approximate surface area is 193 Å². The van der Waals surface area contributed by atoms with Gasteiger partial charge in [0.25, 0.3) is 0 Å². The number of aryl methyl sites for hydroxylation is 1. The van der Waals surface area contributed by atoms with Crippen molar-refractivity contribution in [3.63, 3.8) is 0 Å². The average molecular weight is 434 g/mol. The van der Waals surface area contributed by atoms with E-state index in [4.69, 9.17) is 4.98 Å². The summed E-state index contributed by atoms with van der Waals surface area (Å²) in [5, 5.41) is 3.14. The molecule has 1 aromatic rings. The topological polar surface area (TPSA) is 37.3 Å². The Kier molecular flexibility index (Phi) is 9.99. The highest BCUT2D eigenvalue weighted by atomic mass is 19.1. The summed E-state index contributed by atoms with van der Waals surface area (Å²) in [6.07, 6.45) is 11.4. The molecule has 1 N–H and O–H groups in total. The van der Waals surface area contributed by atoms with Crippen molar-refractivity contribution in [2.24, 2.45) is 4.99 Å². The SMILES string of the molecule is C=C/C(F)=C/N=CNC(=C/C(=C)c1cnc(C(C)(C)C(=C)C)c(C)c1)/C(C)=C(C)/C=C\C. The first-order valence-corrected chi connectivity index (χ1v) is 10.6. The summed E-state index contributed by atoms with van der Waals surface area (Å²) in [7, 11) is 0. The third-order valence-electron chi connectivity index (χ3n) is 5.53. The van der Waals surface area contributed by atoms with E-state index in [0.717, 1.165) is 57.1 Å². The van der Waals surface area contributed by atoms with Crippen molar-refractivity contribution in [3.05, 3.63) is 108 Å². The van der Waals surface area contributed by atoms with Crippen LogP contribution < -0.4 is 5.32 Å². The largest absolute Gasteiger partial charge is 0.346 e. The van der Waals surface area contributed by atoms with E-state index in [2.05, 4.69) is 56.9 Å². The Morgan fingerprint density at radius 1 is 1.22 bits per heavy atom. The van der Waals surface area contributed by atoms with Crippen LogP contribution in [-0.4, -0.2) is 11.3 Å². The monoisotopic (exact) mass is 433 g/mol. The van der Waals surface area contributed by atoms with Crippen LogP contribution in [0.2, 0.25) is 0 Å². The molecule has 0 unspecified atom stereocenters. The van der Waals surface area contributed by atoms with Crippen LogP contribution in [0.3, 0.4) is 0 Å². The number of nitrogens with zero attached hydrogens (tertiary/aromatic N) is 2. The summed E-state index contributed by atoms with van der Waals surface area (Å²) in [6.45, 7) is 26.1. The van der Waals surface area contributed by atoms with E-state index in [0.29, 0.717) is 0 Å². The summed E-state index contributed by atoms with van der Waals surface area (Å²) >= 11 is 0. The number of halogens is 1. The second-order valence-electron chi connectivity index (χ2n) is 8.33. The van der Waals surface area contributed by atoms with Gasteiger partial charge < -0.3 is 5.32 Å². The summed E-state index contributed by atoms with van der Waals surface area (Å²) in [4.78, 5) is 8.68. The molecule has 0 atom stereocenters. The molecule has 0 bridgehead atoms. The van der Waals surface area contributed by atoms with Crippen molar-refractivity contribution in [2.75, 3.05) is 0 Å². The van der Waals surface area contributed by atoms with E-state index in [1.807, 2.05) is 52.1 Å². The zero-order valence-electron chi connectivity index (χ0n) is 20.5. The molecule has 3 nitrogen and oxygen atoms in total. The van der Waals surface area contributed by atoms with Crippen LogP contribution in [0.25, 0.3) is 5.57 Å². The molecule has 0 aliphatic heterocycles.